The van der Waals surface area contributed by atoms with E-state index in [2.05, 4.69) is 10.2 Å². The maximum atomic E-state index is 11.6. The van der Waals surface area contributed by atoms with Gasteiger partial charge in [-0.3, -0.25) is 0 Å². The van der Waals surface area contributed by atoms with Gasteiger partial charge in [0.25, 0.3) is 0 Å². The number of ether oxygens (including phenoxy) is 1. The van der Waals surface area contributed by atoms with Crippen molar-refractivity contribution in [1.82, 2.24) is 10.2 Å². The maximum absolute atomic E-state index is 11.6. The predicted molar refractivity (Wildman–Crippen MR) is 88.9 cm³/mol. The lowest BCUT2D eigenvalue weighted by Gasteiger charge is -2.36. The number of quaternary nitrogens is 1. The zero-order valence-corrected chi connectivity index (χ0v) is 14.6. The Kier molecular flexibility index (Phi) is 5.21. The fourth-order valence-corrected chi connectivity index (χ4v) is 5.73. The van der Waals surface area contributed by atoms with E-state index in [1.807, 2.05) is 0 Å². The number of thiocarbonyl (C=S) groups is 1. The first-order chi connectivity index (χ1) is 10.5. The first-order valence-corrected chi connectivity index (χ1v) is 10.5. The largest absolute Gasteiger partial charge is 0.376 e. The SMILES string of the molecule is O=S1(=O)CC[C@H]([NH+]2CCN(C(=S)NC[C@@H]3CCCO3)CC2)C1. The number of hydrogen-bond donors (Lipinski definition) is 2. The molecule has 3 aliphatic heterocycles. The normalized spacial score (nSPS) is 32.3. The molecule has 0 aromatic rings. The Hall–Kier alpha value is -0.440. The number of nitrogens with zero attached hydrogens (tertiary/aromatic N) is 1. The molecular formula is C14H26N3O3S2+. The van der Waals surface area contributed by atoms with Crippen LogP contribution >= 0.6 is 12.2 Å². The highest BCUT2D eigenvalue weighted by atomic mass is 32.2. The van der Waals surface area contributed by atoms with Gasteiger partial charge in [-0.1, -0.05) is 0 Å². The predicted octanol–water partition coefficient (Wildman–Crippen LogP) is -1.57. The molecule has 0 aliphatic carbocycles. The van der Waals surface area contributed by atoms with Crippen LogP contribution in [0.1, 0.15) is 19.3 Å². The number of rotatable bonds is 3. The summed E-state index contributed by atoms with van der Waals surface area (Å²) >= 11 is 5.47. The second-order valence-electron chi connectivity index (χ2n) is 6.57. The van der Waals surface area contributed by atoms with Gasteiger partial charge in [-0.25, -0.2) is 8.42 Å². The molecule has 2 N–H and O–H groups in total. The highest BCUT2D eigenvalue weighted by molar-refractivity contribution is 7.91. The van der Waals surface area contributed by atoms with Crippen molar-refractivity contribution in [3.8, 4) is 0 Å². The summed E-state index contributed by atoms with van der Waals surface area (Å²) in [6.45, 7) is 5.43. The summed E-state index contributed by atoms with van der Waals surface area (Å²) < 4.78 is 28.8. The van der Waals surface area contributed by atoms with Crippen molar-refractivity contribution < 1.29 is 18.1 Å². The van der Waals surface area contributed by atoms with Gasteiger partial charge >= 0.3 is 0 Å². The third-order valence-electron chi connectivity index (χ3n) is 5.01. The van der Waals surface area contributed by atoms with Crippen LogP contribution in [0.15, 0.2) is 0 Å². The monoisotopic (exact) mass is 348 g/mol. The first-order valence-electron chi connectivity index (χ1n) is 8.23. The van der Waals surface area contributed by atoms with Gasteiger partial charge in [-0.15, -0.1) is 0 Å². The van der Waals surface area contributed by atoms with Crippen LogP contribution in [-0.2, 0) is 14.6 Å². The van der Waals surface area contributed by atoms with Crippen molar-refractivity contribution >= 4 is 27.2 Å². The molecule has 3 rings (SSSR count). The van der Waals surface area contributed by atoms with Gasteiger partial charge in [0, 0.05) is 19.6 Å². The van der Waals surface area contributed by atoms with E-state index in [-0.39, 0.29) is 0 Å². The van der Waals surface area contributed by atoms with Crippen LogP contribution in [0, 0.1) is 0 Å². The molecular weight excluding hydrogens is 322 g/mol. The minimum atomic E-state index is -2.78. The van der Waals surface area contributed by atoms with E-state index in [9.17, 15) is 8.42 Å². The fraction of sp³-hybridized carbons (Fsp3) is 0.929. The van der Waals surface area contributed by atoms with Crippen molar-refractivity contribution in [3.05, 3.63) is 0 Å². The quantitative estimate of drug-likeness (QED) is 0.601. The van der Waals surface area contributed by atoms with Gasteiger partial charge in [-0.05, 0) is 25.1 Å². The molecule has 0 aromatic heterocycles. The number of nitrogens with one attached hydrogen (secondary N) is 2. The van der Waals surface area contributed by atoms with Gasteiger partial charge in [0.15, 0.2) is 14.9 Å². The first kappa shape index (κ1) is 16.4. The third kappa shape index (κ3) is 4.10. The van der Waals surface area contributed by atoms with Crippen LogP contribution in [0.2, 0.25) is 0 Å². The van der Waals surface area contributed by atoms with Crippen LogP contribution < -0.4 is 10.2 Å². The summed E-state index contributed by atoms with van der Waals surface area (Å²) in [4.78, 5) is 3.64. The molecule has 0 radical (unpaired) electrons. The molecule has 3 fully saturated rings. The standard InChI is InChI=1S/C14H25N3O3S2/c18-22(19)9-3-12(11-22)16-4-6-17(7-5-16)14(21)15-10-13-2-1-8-20-13/h12-13H,1-11H2,(H,15,21)/p+1/t12-,13-/m0/s1. The second kappa shape index (κ2) is 6.98. The van der Waals surface area contributed by atoms with E-state index in [0.717, 1.165) is 63.7 Å². The molecule has 8 heteroatoms. The molecule has 22 heavy (non-hydrogen) atoms. The Bertz CT molecular complexity index is 497. The van der Waals surface area contributed by atoms with Crippen LogP contribution in [0.3, 0.4) is 0 Å². The maximum Gasteiger partial charge on any atom is 0.169 e. The minimum Gasteiger partial charge on any atom is -0.376 e. The second-order valence-corrected chi connectivity index (χ2v) is 9.18. The average molecular weight is 349 g/mol. The van der Waals surface area contributed by atoms with E-state index < -0.39 is 9.84 Å². The Morgan fingerprint density at radius 1 is 1.32 bits per heavy atom. The topological polar surface area (TPSA) is 63.1 Å². The van der Waals surface area contributed by atoms with Crippen LogP contribution in [-0.4, -0.2) is 81.4 Å². The minimum absolute atomic E-state index is 0.292. The van der Waals surface area contributed by atoms with Gasteiger partial charge in [0.05, 0.1) is 38.0 Å². The Morgan fingerprint density at radius 3 is 2.68 bits per heavy atom. The molecule has 0 amide bonds. The number of hydrogen-bond acceptors (Lipinski definition) is 4. The van der Waals surface area contributed by atoms with E-state index in [4.69, 9.17) is 17.0 Å². The lowest BCUT2D eigenvalue weighted by Crippen LogP contribution is -3.18. The molecule has 0 aromatic carbocycles. The Labute approximate surface area is 138 Å². The van der Waals surface area contributed by atoms with Crippen LogP contribution in [0.5, 0.6) is 0 Å². The molecule has 2 atom stereocenters. The summed E-state index contributed by atoms with van der Waals surface area (Å²) in [7, 11) is -2.78. The highest BCUT2D eigenvalue weighted by Crippen LogP contribution is 2.11. The van der Waals surface area contributed by atoms with Gasteiger partial charge in [-0.2, -0.15) is 0 Å². The summed E-state index contributed by atoms with van der Waals surface area (Å²) in [5.74, 6) is 0.732. The van der Waals surface area contributed by atoms with Gasteiger partial charge in [0.1, 0.15) is 11.8 Å². The lowest BCUT2D eigenvalue weighted by molar-refractivity contribution is -0.925. The zero-order chi connectivity index (χ0) is 15.6. The van der Waals surface area contributed by atoms with E-state index in [1.165, 1.54) is 4.90 Å². The molecule has 0 saturated carbocycles. The molecule has 126 valence electrons. The van der Waals surface area contributed by atoms with Crippen molar-refractivity contribution in [1.29, 1.82) is 0 Å². The Balaban J connectivity index is 1.40. The average Bonchev–Trinajstić information content (AvgIpc) is 3.14. The molecule has 6 nitrogen and oxygen atoms in total. The van der Waals surface area contributed by atoms with Gasteiger partial charge < -0.3 is 19.9 Å². The zero-order valence-electron chi connectivity index (χ0n) is 12.9. The summed E-state index contributed by atoms with van der Waals surface area (Å²) in [6, 6.07) is 0.292. The smallest absolute Gasteiger partial charge is 0.169 e. The lowest BCUT2D eigenvalue weighted by atomic mass is 10.2. The van der Waals surface area contributed by atoms with Crippen LogP contribution in [0.25, 0.3) is 0 Å². The van der Waals surface area contributed by atoms with Crippen LogP contribution in [0.4, 0.5) is 0 Å². The molecule has 0 unspecified atom stereocenters. The van der Waals surface area contributed by atoms with Crippen molar-refractivity contribution in [3.63, 3.8) is 0 Å². The summed E-state index contributed by atoms with van der Waals surface area (Å²) in [5.41, 5.74) is 0. The summed E-state index contributed by atoms with van der Waals surface area (Å²) in [5, 5.41) is 4.13. The highest BCUT2D eigenvalue weighted by Gasteiger charge is 2.37. The fourth-order valence-electron chi connectivity index (χ4n) is 3.64. The van der Waals surface area contributed by atoms with Gasteiger partial charge in [0.2, 0.25) is 0 Å². The number of sulfone groups is 1. The van der Waals surface area contributed by atoms with Crippen molar-refractivity contribution in [2.24, 2.45) is 0 Å². The van der Waals surface area contributed by atoms with E-state index in [0.29, 0.717) is 23.7 Å². The van der Waals surface area contributed by atoms with E-state index in [1.54, 1.807) is 0 Å². The van der Waals surface area contributed by atoms with Crippen molar-refractivity contribution in [2.45, 2.75) is 31.4 Å². The molecule has 3 aliphatic rings. The van der Waals surface area contributed by atoms with Crippen molar-refractivity contribution in [2.75, 3.05) is 50.8 Å². The van der Waals surface area contributed by atoms with E-state index >= 15 is 0 Å². The molecule has 3 heterocycles. The molecule has 3 saturated heterocycles. The Morgan fingerprint density at radius 2 is 2.09 bits per heavy atom. The third-order valence-corrected chi connectivity index (χ3v) is 7.18. The molecule has 0 bridgehead atoms. The molecule has 0 spiro atoms. The summed E-state index contributed by atoms with van der Waals surface area (Å²) in [6.07, 6.45) is 3.38. The number of piperazine rings is 1.